The Kier molecular flexibility index (Phi) is 3.69. The summed E-state index contributed by atoms with van der Waals surface area (Å²) < 4.78 is 2.02. The van der Waals surface area contributed by atoms with Crippen LogP contribution in [0.15, 0.2) is 12.3 Å². The van der Waals surface area contributed by atoms with Gasteiger partial charge in [0.1, 0.15) is 12.1 Å². The molecular weight excluding hydrogens is 268 g/mol. The number of carbonyl (C=O) groups excluding carboxylic acids is 2. The number of nitrogens with one attached hydrogen (secondary N) is 1. The monoisotopic (exact) mass is 290 g/mol. The molecule has 3 rings (SSSR count). The molecule has 2 aliphatic rings. The Hall–Kier alpha value is -1.85. The zero-order valence-corrected chi connectivity index (χ0v) is 12.6. The zero-order valence-electron chi connectivity index (χ0n) is 12.6. The minimum Gasteiger partial charge on any atom is -0.343 e. The largest absolute Gasteiger partial charge is 0.343 e. The van der Waals surface area contributed by atoms with Gasteiger partial charge in [-0.2, -0.15) is 5.10 Å². The van der Waals surface area contributed by atoms with Gasteiger partial charge >= 0.3 is 0 Å². The summed E-state index contributed by atoms with van der Waals surface area (Å²) in [7, 11) is 0. The molecule has 1 aromatic rings. The van der Waals surface area contributed by atoms with E-state index in [-0.39, 0.29) is 11.8 Å². The molecule has 2 atom stereocenters. The lowest BCUT2D eigenvalue weighted by Crippen LogP contribution is -2.60. The number of nitrogens with zero attached hydrogens (tertiary/aromatic N) is 3. The van der Waals surface area contributed by atoms with Crippen LogP contribution in [-0.4, -0.2) is 38.6 Å². The van der Waals surface area contributed by atoms with Gasteiger partial charge in [0.05, 0.1) is 18.3 Å². The number of hydrogen-bond acceptors (Lipinski definition) is 3. The highest BCUT2D eigenvalue weighted by molar-refractivity contribution is 5.96. The lowest BCUT2D eigenvalue weighted by Gasteiger charge is -2.35. The van der Waals surface area contributed by atoms with Crippen LogP contribution in [-0.2, 0) is 16.1 Å². The Morgan fingerprint density at radius 1 is 1.29 bits per heavy atom. The molecule has 2 heterocycles. The summed E-state index contributed by atoms with van der Waals surface area (Å²) >= 11 is 0. The van der Waals surface area contributed by atoms with Gasteiger partial charge in [0.25, 0.3) is 0 Å². The van der Waals surface area contributed by atoms with Crippen molar-refractivity contribution in [1.82, 2.24) is 20.0 Å². The maximum Gasteiger partial charge on any atom is 0.245 e. The minimum atomic E-state index is -0.453. The molecule has 6 heteroatoms. The Balaban J connectivity index is 1.72. The first-order valence-electron chi connectivity index (χ1n) is 7.71. The normalized spacial score (nSPS) is 27.2. The molecule has 114 valence electrons. The van der Waals surface area contributed by atoms with Gasteiger partial charge in [0.15, 0.2) is 0 Å². The fraction of sp³-hybridized carbons (Fsp3) is 0.667. The molecule has 1 aliphatic heterocycles. The summed E-state index contributed by atoms with van der Waals surface area (Å²) in [5.41, 5.74) is 0.851. The van der Waals surface area contributed by atoms with E-state index in [1.807, 2.05) is 16.9 Å². The fourth-order valence-corrected chi connectivity index (χ4v) is 3.20. The second kappa shape index (κ2) is 5.50. The molecule has 2 amide bonds. The minimum absolute atomic E-state index is 0.0440. The third-order valence-corrected chi connectivity index (χ3v) is 4.55. The second-order valence-electron chi connectivity index (χ2n) is 6.10. The molecule has 1 saturated carbocycles. The van der Waals surface area contributed by atoms with Crippen molar-refractivity contribution in [2.24, 2.45) is 0 Å². The maximum atomic E-state index is 12.2. The molecule has 0 radical (unpaired) electrons. The van der Waals surface area contributed by atoms with E-state index in [0.29, 0.717) is 12.6 Å². The molecule has 2 unspecified atom stereocenters. The highest BCUT2D eigenvalue weighted by atomic mass is 16.2. The summed E-state index contributed by atoms with van der Waals surface area (Å²) in [6.45, 7) is 3.88. The van der Waals surface area contributed by atoms with Crippen molar-refractivity contribution >= 4 is 11.8 Å². The number of aromatic nitrogens is 2. The lowest BCUT2D eigenvalue weighted by molar-refractivity contribution is -0.148. The summed E-state index contributed by atoms with van der Waals surface area (Å²) in [6.07, 6.45) is 6.88. The van der Waals surface area contributed by atoms with Crippen molar-refractivity contribution in [3.8, 4) is 0 Å². The number of rotatable bonds is 3. The summed E-state index contributed by atoms with van der Waals surface area (Å²) in [5.74, 6) is -0.144. The highest BCUT2D eigenvalue weighted by Crippen LogP contribution is 2.28. The third-order valence-electron chi connectivity index (χ3n) is 4.55. The number of amides is 2. The van der Waals surface area contributed by atoms with E-state index in [2.05, 4.69) is 10.4 Å². The Morgan fingerprint density at radius 3 is 2.71 bits per heavy atom. The standard InChI is InChI=1S/C15H22N4O2/c1-10-15(21)18(11(2)14(20)16-10)9-12-7-8-19(17-12)13-5-3-4-6-13/h7-8,10-11,13H,3-6,9H2,1-2H3,(H,16,20). The lowest BCUT2D eigenvalue weighted by atomic mass is 10.1. The van der Waals surface area contributed by atoms with Crippen LogP contribution < -0.4 is 5.32 Å². The van der Waals surface area contributed by atoms with Gasteiger partial charge in [-0.1, -0.05) is 12.8 Å². The Morgan fingerprint density at radius 2 is 2.00 bits per heavy atom. The van der Waals surface area contributed by atoms with E-state index in [9.17, 15) is 9.59 Å². The van der Waals surface area contributed by atoms with E-state index < -0.39 is 12.1 Å². The predicted molar refractivity (Wildman–Crippen MR) is 77.3 cm³/mol. The van der Waals surface area contributed by atoms with E-state index in [4.69, 9.17) is 0 Å². The molecule has 21 heavy (non-hydrogen) atoms. The Bertz CT molecular complexity index is 548. The van der Waals surface area contributed by atoms with Gasteiger partial charge < -0.3 is 10.2 Å². The van der Waals surface area contributed by atoms with E-state index >= 15 is 0 Å². The van der Waals surface area contributed by atoms with Gasteiger partial charge in [-0.25, -0.2) is 0 Å². The molecule has 1 aliphatic carbocycles. The van der Waals surface area contributed by atoms with Crippen LogP contribution in [0.25, 0.3) is 0 Å². The molecule has 6 nitrogen and oxygen atoms in total. The first-order chi connectivity index (χ1) is 10.1. The van der Waals surface area contributed by atoms with Crippen LogP contribution in [0.1, 0.15) is 51.3 Å². The van der Waals surface area contributed by atoms with Crippen LogP contribution in [0.5, 0.6) is 0 Å². The molecule has 1 saturated heterocycles. The quantitative estimate of drug-likeness (QED) is 0.910. The smallest absolute Gasteiger partial charge is 0.245 e. The van der Waals surface area contributed by atoms with Crippen molar-refractivity contribution in [3.05, 3.63) is 18.0 Å². The van der Waals surface area contributed by atoms with Crippen molar-refractivity contribution < 1.29 is 9.59 Å². The fourth-order valence-electron chi connectivity index (χ4n) is 3.20. The predicted octanol–water partition coefficient (Wildman–Crippen LogP) is 1.23. The topological polar surface area (TPSA) is 67.2 Å². The average Bonchev–Trinajstić information content (AvgIpc) is 3.12. The summed E-state index contributed by atoms with van der Waals surface area (Å²) in [4.78, 5) is 25.7. The van der Waals surface area contributed by atoms with Crippen molar-refractivity contribution in [2.75, 3.05) is 0 Å². The first kappa shape index (κ1) is 14.1. The summed E-state index contributed by atoms with van der Waals surface area (Å²) in [5, 5.41) is 7.29. The van der Waals surface area contributed by atoms with Crippen LogP contribution >= 0.6 is 0 Å². The summed E-state index contributed by atoms with van der Waals surface area (Å²) in [6, 6.07) is 1.56. The molecular formula is C15H22N4O2. The van der Waals surface area contributed by atoms with Crippen LogP contribution in [0.4, 0.5) is 0 Å². The number of carbonyl (C=O) groups is 2. The van der Waals surface area contributed by atoms with Crippen LogP contribution in [0.2, 0.25) is 0 Å². The van der Waals surface area contributed by atoms with Crippen LogP contribution in [0.3, 0.4) is 0 Å². The third kappa shape index (κ3) is 2.66. The first-order valence-corrected chi connectivity index (χ1v) is 7.71. The Labute approximate surface area is 124 Å². The van der Waals surface area contributed by atoms with Crippen molar-refractivity contribution in [3.63, 3.8) is 0 Å². The van der Waals surface area contributed by atoms with Gasteiger partial charge in [0.2, 0.25) is 11.8 Å². The van der Waals surface area contributed by atoms with Crippen molar-refractivity contribution in [1.29, 1.82) is 0 Å². The van der Waals surface area contributed by atoms with Crippen LogP contribution in [0, 0.1) is 0 Å². The maximum absolute atomic E-state index is 12.2. The van der Waals surface area contributed by atoms with Gasteiger partial charge in [-0.3, -0.25) is 14.3 Å². The van der Waals surface area contributed by atoms with Gasteiger partial charge in [-0.15, -0.1) is 0 Å². The van der Waals surface area contributed by atoms with E-state index in [1.54, 1.807) is 18.7 Å². The molecule has 1 N–H and O–H groups in total. The molecule has 0 aromatic carbocycles. The number of piperazine rings is 1. The van der Waals surface area contributed by atoms with E-state index in [1.165, 1.54) is 25.7 Å². The van der Waals surface area contributed by atoms with E-state index in [0.717, 1.165) is 5.69 Å². The molecule has 1 aromatic heterocycles. The second-order valence-corrected chi connectivity index (χ2v) is 6.10. The molecule has 0 bridgehead atoms. The zero-order chi connectivity index (χ0) is 15.0. The highest BCUT2D eigenvalue weighted by Gasteiger charge is 2.36. The van der Waals surface area contributed by atoms with Gasteiger partial charge in [0, 0.05) is 6.20 Å². The number of hydrogen-bond donors (Lipinski definition) is 1. The SMILES string of the molecule is CC1NC(=O)C(C)N(Cc2ccn(C3CCCC3)n2)C1=O. The van der Waals surface area contributed by atoms with Gasteiger partial charge in [-0.05, 0) is 32.8 Å². The molecule has 2 fully saturated rings. The molecule has 0 spiro atoms. The average molecular weight is 290 g/mol. The van der Waals surface area contributed by atoms with Crippen molar-refractivity contribution in [2.45, 2.75) is 64.2 Å².